The number of hydrogen-bond donors (Lipinski definition) is 2. The van der Waals surface area contributed by atoms with E-state index in [0.29, 0.717) is 28.0 Å². The van der Waals surface area contributed by atoms with Crippen LogP contribution in [-0.2, 0) is 0 Å². The molecule has 1 atom stereocenters. The minimum Gasteiger partial charge on any atom is -0.459 e. The van der Waals surface area contributed by atoms with E-state index in [2.05, 4.69) is 10.6 Å². The highest BCUT2D eigenvalue weighted by molar-refractivity contribution is 5.89. The number of hydrogen-bond acceptors (Lipinski definition) is 3. The fourth-order valence-corrected chi connectivity index (χ4v) is 2.73. The van der Waals surface area contributed by atoms with Crippen LogP contribution in [0.3, 0.4) is 0 Å². The van der Waals surface area contributed by atoms with Gasteiger partial charge in [-0.3, -0.25) is 0 Å². The normalized spacial score (nSPS) is 11.3. The Hall–Kier alpha value is -3.33. The van der Waals surface area contributed by atoms with Crippen LogP contribution in [0, 0.1) is 23.1 Å². The lowest BCUT2D eigenvalue weighted by atomic mass is 10.0. The van der Waals surface area contributed by atoms with E-state index >= 15 is 0 Å². The zero-order valence-corrected chi connectivity index (χ0v) is 16.4. The van der Waals surface area contributed by atoms with Gasteiger partial charge in [-0.05, 0) is 48.4 Å². The van der Waals surface area contributed by atoms with Gasteiger partial charge in [0.15, 0.2) is 0 Å². The van der Waals surface area contributed by atoms with Crippen molar-refractivity contribution in [2.75, 3.05) is 5.32 Å². The summed E-state index contributed by atoms with van der Waals surface area (Å²) < 4.78 is 19.2. The van der Waals surface area contributed by atoms with Crippen LogP contribution < -0.4 is 10.6 Å². The first kappa shape index (κ1) is 21.0. The number of rotatable bonds is 4. The standard InChI is InChI=1S/C20H18FN3O2.C2H6/c1-12(2)19(18-10-14-9-15(21)6-7-17(14)26-18)24-20(25)23-16-5-3-4-13(8-16)11-22;1-2/h3-10,12,19H,1-2H3,(H2,23,24,25);1-2H3. The van der Waals surface area contributed by atoms with Crippen LogP contribution in [0.2, 0.25) is 0 Å². The molecular formula is C22H24FN3O2. The highest BCUT2D eigenvalue weighted by Crippen LogP contribution is 2.29. The number of anilines is 1. The Bertz CT molecular complexity index is 989. The molecule has 6 heteroatoms. The van der Waals surface area contributed by atoms with Crippen molar-refractivity contribution < 1.29 is 13.6 Å². The molecule has 0 aliphatic rings. The number of furan rings is 1. The number of nitriles is 1. The van der Waals surface area contributed by atoms with E-state index in [1.54, 1.807) is 36.4 Å². The van der Waals surface area contributed by atoms with E-state index in [4.69, 9.17) is 9.68 Å². The number of benzene rings is 2. The Labute approximate surface area is 164 Å². The van der Waals surface area contributed by atoms with Gasteiger partial charge in [-0.1, -0.05) is 33.8 Å². The highest BCUT2D eigenvalue weighted by Gasteiger charge is 2.22. The van der Waals surface area contributed by atoms with Crippen LogP contribution in [0.25, 0.3) is 11.0 Å². The van der Waals surface area contributed by atoms with Crippen LogP contribution in [-0.4, -0.2) is 6.03 Å². The number of fused-ring (bicyclic) bond motifs is 1. The van der Waals surface area contributed by atoms with E-state index in [1.807, 2.05) is 33.8 Å². The van der Waals surface area contributed by atoms with Crippen LogP contribution >= 0.6 is 0 Å². The molecule has 5 nitrogen and oxygen atoms in total. The molecule has 0 saturated carbocycles. The Balaban J connectivity index is 0.00000136. The molecule has 0 radical (unpaired) electrons. The number of halogens is 1. The second kappa shape index (κ2) is 9.56. The molecule has 2 amide bonds. The van der Waals surface area contributed by atoms with Gasteiger partial charge in [0, 0.05) is 11.1 Å². The maximum atomic E-state index is 13.4. The number of nitrogens with one attached hydrogen (secondary N) is 2. The van der Waals surface area contributed by atoms with Crippen LogP contribution in [0.15, 0.2) is 52.9 Å². The van der Waals surface area contributed by atoms with Crippen LogP contribution in [0.5, 0.6) is 0 Å². The predicted molar refractivity (Wildman–Crippen MR) is 108 cm³/mol. The Morgan fingerprint density at radius 2 is 1.89 bits per heavy atom. The van der Waals surface area contributed by atoms with Gasteiger partial charge in [-0.25, -0.2) is 9.18 Å². The first-order chi connectivity index (χ1) is 13.5. The molecule has 3 rings (SSSR count). The summed E-state index contributed by atoms with van der Waals surface area (Å²) in [5.74, 6) is 0.271. The lowest BCUT2D eigenvalue weighted by molar-refractivity contribution is 0.241. The summed E-state index contributed by atoms with van der Waals surface area (Å²) >= 11 is 0. The topological polar surface area (TPSA) is 78.1 Å². The fraction of sp³-hybridized carbons (Fsp3) is 0.273. The van der Waals surface area contributed by atoms with Gasteiger partial charge in [0.1, 0.15) is 17.2 Å². The molecule has 0 spiro atoms. The first-order valence-electron chi connectivity index (χ1n) is 9.23. The number of carbonyl (C=O) groups is 1. The largest absolute Gasteiger partial charge is 0.459 e. The SMILES string of the molecule is CC.CC(C)C(NC(=O)Nc1cccc(C#N)c1)c1cc2cc(F)ccc2o1. The minimum atomic E-state index is -0.412. The molecule has 28 heavy (non-hydrogen) atoms. The van der Waals surface area contributed by atoms with Gasteiger partial charge in [-0.15, -0.1) is 0 Å². The Kier molecular flexibility index (Phi) is 7.16. The quantitative estimate of drug-likeness (QED) is 0.583. The Morgan fingerprint density at radius 3 is 2.57 bits per heavy atom. The average molecular weight is 381 g/mol. The molecule has 146 valence electrons. The van der Waals surface area contributed by atoms with Crippen LogP contribution in [0.4, 0.5) is 14.9 Å². The second-order valence-corrected chi connectivity index (χ2v) is 6.34. The summed E-state index contributed by atoms with van der Waals surface area (Å²) in [5.41, 5.74) is 1.55. The maximum Gasteiger partial charge on any atom is 0.319 e. The van der Waals surface area contributed by atoms with Gasteiger partial charge in [-0.2, -0.15) is 5.26 Å². The summed E-state index contributed by atoms with van der Waals surface area (Å²) in [4.78, 5) is 12.4. The maximum absolute atomic E-state index is 13.4. The third-order valence-corrected chi connectivity index (χ3v) is 4.01. The molecule has 0 saturated heterocycles. The zero-order valence-electron chi connectivity index (χ0n) is 16.4. The molecule has 1 aromatic heterocycles. The van der Waals surface area contributed by atoms with Crippen LogP contribution in [0.1, 0.15) is 45.1 Å². The smallest absolute Gasteiger partial charge is 0.319 e. The van der Waals surface area contributed by atoms with Crippen molar-refractivity contribution in [2.24, 2.45) is 5.92 Å². The van der Waals surface area contributed by atoms with Crippen molar-refractivity contribution in [2.45, 2.75) is 33.7 Å². The van der Waals surface area contributed by atoms with Gasteiger partial charge in [0.05, 0.1) is 17.7 Å². The summed E-state index contributed by atoms with van der Waals surface area (Å²) in [6.45, 7) is 7.91. The fourth-order valence-electron chi connectivity index (χ4n) is 2.73. The molecule has 0 aliphatic heterocycles. The van der Waals surface area contributed by atoms with Gasteiger partial charge >= 0.3 is 6.03 Å². The van der Waals surface area contributed by atoms with E-state index in [-0.39, 0.29) is 17.8 Å². The highest BCUT2D eigenvalue weighted by atomic mass is 19.1. The van der Waals surface area contributed by atoms with Gasteiger partial charge in [0.2, 0.25) is 0 Å². The molecule has 3 aromatic rings. The summed E-state index contributed by atoms with van der Waals surface area (Å²) in [7, 11) is 0. The summed E-state index contributed by atoms with van der Waals surface area (Å²) in [6, 6.07) is 13.9. The predicted octanol–water partition coefficient (Wildman–Crippen LogP) is 5.99. The van der Waals surface area contributed by atoms with Crippen molar-refractivity contribution >= 4 is 22.7 Å². The lowest BCUT2D eigenvalue weighted by Gasteiger charge is -2.20. The molecule has 1 unspecified atom stereocenters. The molecule has 0 fully saturated rings. The van der Waals surface area contributed by atoms with Crippen molar-refractivity contribution in [1.29, 1.82) is 5.26 Å². The van der Waals surface area contributed by atoms with E-state index < -0.39 is 6.03 Å². The monoisotopic (exact) mass is 381 g/mol. The van der Waals surface area contributed by atoms with E-state index in [9.17, 15) is 9.18 Å². The molecule has 1 heterocycles. The van der Waals surface area contributed by atoms with E-state index in [0.717, 1.165) is 0 Å². The summed E-state index contributed by atoms with van der Waals surface area (Å²) in [5, 5.41) is 15.2. The number of amides is 2. The number of urea groups is 1. The second-order valence-electron chi connectivity index (χ2n) is 6.34. The van der Waals surface area contributed by atoms with Crippen molar-refractivity contribution in [3.8, 4) is 6.07 Å². The van der Waals surface area contributed by atoms with E-state index in [1.165, 1.54) is 12.1 Å². The summed E-state index contributed by atoms with van der Waals surface area (Å²) in [6.07, 6.45) is 0. The minimum absolute atomic E-state index is 0.0524. The molecule has 2 aromatic carbocycles. The van der Waals surface area contributed by atoms with Crippen molar-refractivity contribution in [3.63, 3.8) is 0 Å². The van der Waals surface area contributed by atoms with Crippen molar-refractivity contribution in [1.82, 2.24) is 5.32 Å². The molecule has 2 N–H and O–H groups in total. The zero-order chi connectivity index (χ0) is 20.7. The van der Waals surface area contributed by atoms with Crippen molar-refractivity contribution in [3.05, 3.63) is 65.7 Å². The Morgan fingerprint density at radius 1 is 1.14 bits per heavy atom. The van der Waals surface area contributed by atoms with Gasteiger partial charge in [0.25, 0.3) is 0 Å². The lowest BCUT2D eigenvalue weighted by Crippen LogP contribution is -2.34. The first-order valence-corrected chi connectivity index (χ1v) is 9.23. The molecule has 0 aliphatic carbocycles. The number of carbonyl (C=O) groups excluding carboxylic acids is 1. The molecule has 0 bridgehead atoms. The third kappa shape index (κ3) is 5.10. The average Bonchev–Trinajstić information content (AvgIpc) is 3.10. The third-order valence-electron chi connectivity index (χ3n) is 4.01. The van der Waals surface area contributed by atoms with Gasteiger partial charge < -0.3 is 15.1 Å². The number of nitrogens with zero attached hydrogens (tertiary/aromatic N) is 1. The molecular weight excluding hydrogens is 357 g/mol.